The maximum absolute atomic E-state index is 10.2. The number of phenols is 1. The zero-order valence-electron chi connectivity index (χ0n) is 11.4. The van der Waals surface area contributed by atoms with E-state index in [0.29, 0.717) is 12.3 Å². The van der Waals surface area contributed by atoms with Crippen LogP contribution in [0.4, 0.5) is 0 Å². The third-order valence-corrected chi connectivity index (χ3v) is 3.35. The van der Waals surface area contributed by atoms with Crippen LogP contribution in [-0.2, 0) is 6.42 Å². The van der Waals surface area contributed by atoms with Crippen LogP contribution >= 0.6 is 0 Å². The lowest BCUT2D eigenvalue weighted by Gasteiger charge is -2.13. The number of benzene rings is 2. The number of aliphatic hydroxyl groups excluding tert-OH is 1. The van der Waals surface area contributed by atoms with Crippen molar-refractivity contribution in [3.8, 4) is 5.75 Å². The van der Waals surface area contributed by atoms with Gasteiger partial charge >= 0.3 is 0 Å². The summed E-state index contributed by atoms with van der Waals surface area (Å²) in [4.78, 5) is 0. The fourth-order valence-corrected chi connectivity index (χ4v) is 2.08. The molecular weight excluding hydrogens is 236 g/mol. The van der Waals surface area contributed by atoms with Gasteiger partial charge in [0.25, 0.3) is 0 Å². The van der Waals surface area contributed by atoms with Crippen LogP contribution in [0.1, 0.15) is 42.6 Å². The minimum absolute atomic E-state index is 0.250. The molecule has 0 saturated heterocycles. The standard InChI is InChI=1S/C17H20O2/c1-12(2)14-5-7-15(8-6-14)17(19)11-13-3-9-16(18)10-4-13/h3-10,12,17-19H,11H2,1-2H3. The van der Waals surface area contributed by atoms with Gasteiger partial charge in [-0.1, -0.05) is 50.2 Å². The van der Waals surface area contributed by atoms with Crippen LogP contribution in [-0.4, -0.2) is 10.2 Å². The summed E-state index contributed by atoms with van der Waals surface area (Å²) in [6.07, 6.45) is 0.0483. The van der Waals surface area contributed by atoms with Gasteiger partial charge in [0.1, 0.15) is 5.75 Å². The molecule has 1 atom stereocenters. The second kappa shape index (κ2) is 5.89. The third-order valence-electron chi connectivity index (χ3n) is 3.35. The van der Waals surface area contributed by atoms with E-state index < -0.39 is 6.10 Å². The molecule has 0 aliphatic carbocycles. The van der Waals surface area contributed by atoms with Gasteiger partial charge in [0, 0.05) is 6.42 Å². The molecule has 0 aliphatic rings. The van der Waals surface area contributed by atoms with E-state index in [9.17, 15) is 10.2 Å². The molecule has 100 valence electrons. The van der Waals surface area contributed by atoms with Gasteiger partial charge in [-0.25, -0.2) is 0 Å². The molecular formula is C17H20O2. The minimum atomic E-state index is -0.509. The van der Waals surface area contributed by atoms with Gasteiger partial charge in [0.2, 0.25) is 0 Å². The minimum Gasteiger partial charge on any atom is -0.508 e. The van der Waals surface area contributed by atoms with Gasteiger partial charge in [-0.2, -0.15) is 0 Å². The van der Waals surface area contributed by atoms with Crippen molar-refractivity contribution in [2.45, 2.75) is 32.3 Å². The van der Waals surface area contributed by atoms with Crippen molar-refractivity contribution in [3.05, 3.63) is 65.2 Å². The summed E-state index contributed by atoms with van der Waals surface area (Å²) in [6.45, 7) is 4.31. The summed E-state index contributed by atoms with van der Waals surface area (Å²) >= 11 is 0. The van der Waals surface area contributed by atoms with Gasteiger partial charge in [-0.15, -0.1) is 0 Å². The van der Waals surface area contributed by atoms with E-state index in [1.807, 2.05) is 24.3 Å². The highest BCUT2D eigenvalue weighted by atomic mass is 16.3. The Morgan fingerprint density at radius 3 is 1.89 bits per heavy atom. The fourth-order valence-electron chi connectivity index (χ4n) is 2.08. The van der Waals surface area contributed by atoms with Crippen molar-refractivity contribution >= 4 is 0 Å². The van der Waals surface area contributed by atoms with Crippen LogP contribution in [0.2, 0.25) is 0 Å². The maximum atomic E-state index is 10.2. The molecule has 2 aromatic rings. The van der Waals surface area contributed by atoms with Crippen LogP contribution in [0.25, 0.3) is 0 Å². The van der Waals surface area contributed by atoms with Crippen LogP contribution < -0.4 is 0 Å². The van der Waals surface area contributed by atoms with E-state index in [1.54, 1.807) is 12.1 Å². The van der Waals surface area contributed by atoms with Crippen molar-refractivity contribution in [1.29, 1.82) is 0 Å². The topological polar surface area (TPSA) is 40.5 Å². The number of aromatic hydroxyl groups is 1. The van der Waals surface area contributed by atoms with Gasteiger partial charge in [-0.3, -0.25) is 0 Å². The van der Waals surface area contributed by atoms with Crippen LogP contribution in [0.5, 0.6) is 5.75 Å². The fraction of sp³-hybridized carbons (Fsp3) is 0.294. The number of phenolic OH excluding ortho intramolecular Hbond substituents is 1. The lowest BCUT2D eigenvalue weighted by atomic mass is 9.97. The first-order valence-corrected chi connectivity index (χ1v) is 6.62. The Labute approximate surface area is 114 Å². The van der Waals surface area contributed by atoms with Crippen molar-refractivity contribution in [3.63, 3.8) is 0 Å². The molecule has 2 nitrogen and oxygen atoms in total. The van der Waals surface area contributed by atoms with E-state index in [2.05, 4.69) is 26.0 Å². The maximum Gasteiger partial charge on any atom is 0.115 e. The van der Waals surface area contributed by atoms with Crippen molar-refractivity contribution in [1.82, 2.24) is 0 Å². The Balaban J connectivity index is 2.07. The molecule has 0 aromatic heterocycles. The molecule has 2 N–H and O–H groups in total. The Morgan fingerprint density at radius 1 is 0.842 bits per heavy atom. The third kappa shape index (κ3) is 3.58. The summed E-state index contributed by atoms with van der Waals surface area (Å²) < 4.78 is 0. The summed E-state index contributed by atoms with van der Waals surface area (Å²) in [5.41, 5.74) is 3.22. The number of rotatable bonds is 4. The molecule has 0 bridgehead atoms. The molecule has 1 unspecified atom stereocenters. The summed E-state index contributed by atoms with van der Waals surface area (Å²) in [5, 5.41) is 19.4. The summed E-state index contributed by atoms with van der Waals surface area (Å²) in [7, 11) is 0. The summed E-state index contributed by atoms with van der Waals surface area (Å²) in [6, 6.07) is 15.1. The van der Waals surface area contributed by atoms with Crippen LogP contribution in [0.15, 0.2) is 48.5 Å². The zero-order chi connectivity index (χ0) is 13.8. The van der Waals surface area contributed by atoms with E-state index >= 15 is 0 Å². The van der Waals surface area contributed by atoms with E-state index in [0.717, 1.165) is 11.1 Å². The highest BCUT2D eigenvalue weighted by molar-refractivity contribution is 5.30. The Hall–Kier alpha value is -1.80. The van der Waals surface area contributed by atoms with Crippen molar-refractivity contribution < 1.29 is 10.2 Å². The molecule has 2 heteroatoms. The predicted molar refractivity (Wildman–Crippen MR) is 77.3 cm³/mol. The van der Waals surface area contributed by atoms with Crippen LogP contribution in [0, 0.1) is 0 Å². The highest BCUT2D eigenvalue weighted by Crippen LogP contribution is 2.22. The second-order valence-corrected chi connectivity index (χ2v) is 5.21. The van der Waals surface area contributed by atoms with Gasteiger partial charge in [0.15, 0.2) is 0 Å². The van der Waals surface area contributed by atoms with E-state index in [1.165, 1.54) is 5.56 Å². The number of hydrogen-bond acceptors (Lipinski definition) is 2. The Bertz CT molecular complexity index is 512. The lowest BCUT2D eigenvalue weighted by molar-refractivity contribution is 0.178. The SMILES string of the molecule is CC(C)c1ccc(C(O)Cc2ccc(O)cc2)cc1. The van der Waals surface area contributed by atoms with Gasteiger partial charge in [-0.05, 0) is 34.7 Å². The molecule has 0 heterocycles. The molecule has 0 amide bonds. The number of aliphatic hydroxyl groups is 1. The van der Waals surface area contributed by atoms with Crippen molar-refractivity contribution in [2.24, 2.45) is 0 Å². The van der Waals surface area contributed by atoms with E-state index in [-0.39, 0.29) is 5.75 Å². The van der Waals surface area contributed by atoms with Gasteiger partial charge < -0.3 is 10.2 Å². The molecule has 2 rings (SSSR count). The largest absolute Gasteiger partial charge is 0.508 e. The molecule has 2 aromatic carbocycles. The smallest absolute Gasteiger partial charge is 0.115 e. The van der Waals surface area contributed by atoms with Gasteiger partial charge in [0.05, 0.1) is 6.10 Å². The first-order chi connectivity index (χ1) is 9.06. The average molecular weight is 256 g/mol. The van der Waals surface area contributed by atoms with Crippen molar-refractivity contribution in [2.75, 3.05) is 0 Å². The second-order valence-electron chi connectivity index (χ2n) is 5.21. The summed E-state index contributed by atoms with van der Waals surface area (Å²) in [5.74, 6) is 0.753. The highest BCUT2D eigenvalue weighted by Gasteiger charge is 2.09. The molecule has 19 heavy (non-hydrogen) atoms. The van der Waals surface area contributed by atoms with E-state index in [4.69, 9.17) is 0 Å². The Morgan fingerprint density at radius 2 is 1.37 bits per heavy atom. The quantitative estimate of drug-likeness (QED) is 0.873. The lowest BCUT2D eigenvalue weighted by Crippen LogP contribution is -2.02. The van der Waals surface area contributed by atoms with Crippen LogP contribution in [0.3, 0.4) is 0 Å². The molecule has 0 spiro atoms. The predicted octanol–water partition coefficient (Wildman–Crippen LogP) is 3.79. The molecule has 0 radical (unpaired) electrons. The molecule has 0 fully saturated rings. The molecule has 0 saturated carbocycles. The number of hydrogen-bond donors (Lipinski definition) is 2. The zero-order valence-corrected chi connectivity index (χ0v) is 11.4. The normalized spacial score (nSPS) is 12.6. The average Bonchev–Trinajstić information content (AvgIpc) is 2.41. The molecule has 0 aliphatic heterocycles. The Kier molecular flexibility index (Phi) is 4.23. The monoisotopic (exact) mass is 256 g/mol. The first kappa shape index (κ1) is 13.6. The first-order valence-electron chi connectivity index (χ1n) is 6.62.